The Kier molecular flexibility index (Phi) is 9.27. The topological polar surface area (TPSA) is 136 Å². The summed E-state index contributed by atoms with van der Waals surface area (Å²) in [5.74, 6) is -0.951. The van der Waals surface area contributed by atoms with Gasteiger partial charge in [0, 0.05) is 33.4 Å². The molecule has 1 aromatic carbocycles. The fourth-order valence-corrected chi connectivity index (χ4v) is 6.12. The molecular formula is C30H39ClN2O9. The molecule has 0 radical (unpaired) electrons. The van der Waals surface area contributed by atoms with Gasteiger partial charge in [-0.3, -0.25) is 14.9 Å². The molecule has 7 atom stereocenters. The number of alkyl carbamates (subject to hydrolysis) is 1. The van der Waals surface area contributed by atoms with Gasteiger partial charge >= 0.3 is 12.1 Å². The monoisotopic (exact) mass is 606 g/mol. The van der Waals surface area contributed by atoms with Crippen LogP contribution in [0.5, 0.6) is 5.75 Å². The molecule has 3 heterocycles. The molecule has 1 aromatic rings. The predicted molar refractivity (Wildman–Crippen MR) is 154 cm³/mol. The second-order valence-electron chi connectivity index (χ2n) is 11.4. The van der Waals surface area contributed by atoms with Gasteiger partial charge in [-0.15, -0.1) is 0 Å². The zero-order chi connectivity index (χ0) is 31.0. The van der Waals surface area contributed by atoms with Crippen molar-refractivity contribution < 1.29 is 43.2 Å². The number of methoxy groups -OCH3 is 2. The summed E-state index contributed by atoms with van der Waals surface area (Å²) in [5, 5.41) is 14.3. The van der Waals surface area contributed by atoms with Crippen molar-refractivity contribution in [3.05, 3.63) is 46.5 Å². The van der Waals surface area contributed by atoms with E-state index >= 15 is 0 Å². The summed E-state index contributed by atoms with van der Waals surface area (Å²) in [7, 11) is 4.54. The van der Waals surface area contributed by atoms with Crippen LogP contribution in [0.3, 0.4) is 0 Å². The number of carbonyl (C=O) groups is 3. The zero-order valence-electron chi connectivity index (χ0n) is 24.9. The molecule has 0 aromatic heterocycles. The average molecular weight is 607 g/mol. The Morgan fingerprint density at radius 1 is 1.26 bits per heavy atom. The van der Waals surface area contributed by atoms with Gasteiger partial charge in [-0.1, -0.05) is 42.3 Å². The second kappa shape index (κ2) is 12.2. The van der Waals surface area contributed by atoms with Gasteiger partial charge in [-0.25, -0.2) is 4.79 Å². The standard InChI is InChI=1S/C30H39ClN2O9/c1-16-9-8-10-23(39-7)30(37)15-22(41-28(36)32-30)17(2)27-29(4,42-27)24(40-18(3)34)14-25(35)33(5)20-12-19(11-16)13-21(38-6)26(20)31/h8-10,12-13,17,22-24,27,37H,11,14-15H2,1-7H3,(H,32,36)/b10-8+,16-9-/t17-,22+,23-,24+,27-,29+,30+/m1/s1. The average Bonchev–Trinajstić information content (AvgIpc) is 3.61. The van der Waals surface area contributed by atoms with E-state index in [1.165, 1.54) is 26.0 Å². The summed E-state index contributed by atoms with van der Waals surface area (Å²) >= 11 is 6.64. The zero-order valence-corrected chi connectivity index (χ0v) is 25.7. The van der Waals surface area contributed by atoms with Crippen molar-refractivity contribution in [2.24, 2.45) is 5.92 Å². The molecule has 0 spiro atoms. The van der Waals surface area contributed by atoms with Gasteiger partial charge in [-0.2, -0.15) is 0 Å². The van der Waals surface area contributed by atoms with Gasteiger partial charge < -0.3 is 33.7 Å². The van der Waals surface area contributed by atoms with Crippen molar-refractivity contribution in [2.75, 3.05) is 26.2 Å². The first-order chi connectivity index (χ1) is 19.7. The van der Waals surface area contributed by atoms with Crippen LogP contribution in [0.2, 0.25) is 5.02 Å². The van der Waals surface area contributed by atoms with Gasteiger partial charge in [0.25, 0.3) is 0 Å². The highest BCUT2D eigenvalue weighted by molar-refractivity contribution is 6.35. The van der Waals surface area contributed by atoms with E-state index in [9.17, 15) is 19.5 Å². The molecule has 0 unspecified atom stereocenters. The molecule has 3 aliphatic rings. The molecule has 4 bridgehead atoms. The predicted octanol–water partition coefficient (Wildman–Crippen LogP) is 3.69. The maximum atomic E-state index is 13.6. The Balaban J connectivity index is 1.79. The molecule has 2 amide bonds. The molecule has 2 saturated heterocycles. The summed E-state index contributed by atoms with van der Waals surface area (Å²) in [6.07, 6.45) is 1.67. The van der Waals surface area contributed by atoms with Crippen LogP contribution in [-0.2, 0) is 35.0 Å². The van der Waals surface area contributed by atoms with Gasteiger partial charge in [0.1, 0.15) is 34.7 Å². The molecule has 0 aliphatic carbocycles. The van der Waals surface area contributed by atoms with Gasteiger partial charge in [0.15, 0.2) is 5.72 Å². The number of ether oxygens (including phenoxy) is 5. The van der Waals surface area contributed by atoms with Crippen LogP contribution in [0.1, 0.15) is 46.1 Å². The first kappa shape index (κ1) is 31.8. The van der Waals surface area contributed by atoms with Gasteiger partial charge in [0.05, 0.1) is 25.3 Å². The van der Waals surface area contributed by atoms with Crippen LogP contribution in [0, 0.1) is 5.92 Å². The minimum atomic E-state index is -1.76. The molecule has 0 saturated carbocycles. The van der Waals surface area contributed by atoms with E-state index in [2.05, 4.69) is 5.32 Å². The highest BCUT2D eigenvalue weighted by Gasteiger charge is 2.64. The lowest BCUT2D eigenvalue weighted by Gasteiger charge is -2.42. The number of carbonyl (C=O) groups excluding carboxylic acids is 3. The minimum absolute atomic E-state index is 0.00538. The van der Waals surface area contributed by atoms with E-state index < -0.39 is 53.7 Å². The number of allylic oxidation sites excluding steroid dienone is 3. The summed E-state index contributed by atoms with van der Waals surface area (Å²) in [5.41, 5.74) is -0.570. The lowest BCUT2D eigenvalue weighted by Crippen LogP contribution is -2.63. The summed E-state index contributed by atoms with van der Waals surface area (Å²) in [6, 6.07) is 3.62. The number of nitrogens with zero attached hydrogens (tertiary/aromatic N) is 1. The maximum absolute atomic E-state index is 13.6. The number of epoxide rings is 1. The van der Waals surface area contributed by atoms with Crippen molar-refractivity contribution in [1.29, 1.82) is 0 Å². The van der Waals surface area contributed by atoms with Crippen LogP contribution < -0.4 is 15.0 Å². The summed E-state index contributed by atoms with van der Waals surface area (Å²) in [6.45, 7) is 6.77. The van der Waals surface area contributed by atoms with E-state index in [1.54, 1.807) is 32.2 Å². The van der Waals surface area contributed by atoms with Gasteiger partial charge in [0.2, 0.25) is 5.91 Å². The van der Waals surface area contributed by atoms with E-state index in [4.69, 9.17) is 35.3 Å². The van der Waals surface area contributed by atoms with Crippen LogP contribution in [0.4, 0.5) is 10.5 Å². The lowest BCUT2D eigenvalue weighted by atomic mass is 9.83. The number of halogens is 1. The number of fused-ring (bicyclic) bond motifs is 5. The Morgan fingerprint density at radius 3 is 2.62 bits per heavy atom. The van der Waals surface area contributed by atoms with Crippen LogP contribution >= 0.6 is 11.6 Å². The third-order valence-corrected chi connectivity index (χ3v) is 8.64. The summed E-state index contributed by atoms with van der Waals surface area (Å²) < 4.78 is 28.4. The number of nitrogens with one attached hydrogen (secondary N) is 1. The molecule has 4 rings (SSSR count). The number of hydrogen-bond acceptors (Lipinski definition) is 9. The third-order valence-electron chi connectivity index (χ3n) is 8.26. The van der Waals surface area contributed by atoms with Crippen LogP contribution in [0.25, 0.3) is 0 Å². The number of rotatable bonds is 3. The van der Waals surface area contributed by atoms with Crippen LogP contribution in [0.15, 0.2) is 35.9 Å². The minimum Gasteiger partial charge on any atom is -0.495 e. The first-order valence-electron chi connectivity index (χ1n) is 13.8. The van der Waals surface area contributed by atoms with Crippen molar-refractivity contribution in [3.8, 4) is 5.75 Å². The number of aliphatic hydroxyl groups is 1. The third kappa shape index (κ3) is 6.44. The van der Waals surface area contributed by atoms with E-state index in [-0.39, 0.29) is 23.8 Å². The normalized spacial score (nSPS) is 35.6. The maximum Gasteiger partial charge on any atom is 0.409 e. The molecule has 2 fully saturated rings. The van der Waals surface area contributed by atoms with Gasteiger partial charge in [-0.05, 0) is 38.0 Å². The molecule has 42 heavy (non-hydrogen) atoms. The van der Waals surface area contributed by atoms with Crippen molar-refractivity contribution in [3.63, 3.8) is 0 Å². The summed E-state index contributed by atoms with van der Waals surface area (Å²) in [4.78, 5) is 39.7. The SMILES string of the molecule is COc1cc2cc(c1Cl)N(C)C(=O)C[C@H](OC(C)=O)[C@]1(C)O[C@@H]1[C@H](C)[C@@H]1C[C@@](O)(NC(=O)O1)[C@H](OC)/C=C/C=C(/C)C2. The second-order valence-corrected chi connectivity index (χ2v) is 11.8. The Bertz CT molecular complexity index is 1300. The smallest absolute Gasteiger partial charge is 0.409 e. The Labute approximate surface area is 250 Å². The highest BCUT2D eigenvalue weighted by Crippen LogP contribution is 2.49. The molecule has 230 valence electrons. The lowest BCUT2D eigenvalue weighted by molar-refractivity contribution is -0.151. The van der Waals surface area contributed by atoms with Crippen molar-refractivity contribution >= 4 is 35.3 Å². The quantitative estimate of drug-likeness (QED) is 0.390. The molecular weight excluding hydrogens is 568 g/mol. The number of amides is 2. The van der Waals surface area contributed by atoms with Crippen LogP contribution in [-0.4, -0.2) is 80.1 Å². The number of esters is 1. The number of hydrogen-bond donors (Lipinski definition) is 2. The number of benzene rings is 1. The van der Waals surface area contributed by atoms with Crippen molar-refractivity contribution in [2.45, 2.75) is 82.7 Å². The van der Waals surface area contributed by atoms with E-state index in [0.29, 0.717) is 17.9 Å². The molecule has 12 heteroatoms. The number of anilines is 1. The van der Waals surface area contributed by atoms with E-state index in [0.717, 1.165) is 11.1 Å². The fourth-order valence-electron chi connectivity index (χ4n) is 5.81. The fraction of sp³-hybridized carbons (Fsp3) is 0.567. The molecule has 2 N–H and O–H groups in total. The molecule has 3 aliphatic heterocycles. The van der Waals surface area contributed by atoms with Crippen molar-refractivity contribution in [1.82, 2.24) is 5.32 Å². The first-order valence-corrected chi connectivity index (χ1v) is 14.2. The largest absolute Gasteiger partial charge is 0.495 e. The Hall–Kier alpha value is -3.12. The van der Waals surface area contributed by atoms with E-state index in [1.807, 2.05) is 26.0 Å². The molecule has 11 nitrogen and oxygen atoms in total. The Morgan fingerprint density at radius 2 is 1.98 bits per heavy atom. The highest BCUT2D eigenvalue weighted by atomic mass is 35.5.